The first-order valence-corrected chi connectivity index (χ1v) is 8.72. The molecule has 4 atom stereocenters. The first-order chi connectivity index (χ1) is 10.0. The third-order valence-corrected chi connectivity index (χ3v) is 5.75. The Balaban J connectivity index is 1.57. The Morgan fingerprint density at radius 3 is 2.76 bits per heavy atom. The fourth-order valence-electron chi connectivity index (χ4n) is 3.97. The quantitative estimate of drug-likeness (QED) is 0.746. The van der Waals surface area contributed by atoms with Crippen molar-refractivity contribution in [1.82, 2.24) is 5.32 Å². The lowest BCUT2D eigenvalue weighted by Gasteiger charge is -2.29. The van der Waals surface area contributed by atoms with Gasteiger partial charge >= 0.3 is 0 Å². The smallest absolute Gasteiger partial charge is 0.171 e. The Bertz CT molecular complexity index is 549. The van der Waals surface area contributed by atoms with Gasteiger partial charge in [-0.1, -0.05) is 29.6 Å². The van der Waals surface area contributed by atoms with E-state index in [0.717, 1.165) is 23.4 Å². The molecule has 2 aliphatic carbocycles. The van der Waals surface area contributed by atoms with E-state index in [1.165, 1.54) is 25.7 Å². The molecule has 5 heteroatoms. The molecule has 0 aliphatic heterocycles. The summed E-state index contributed by atoms with van der Waals surface area (Å²) in [6, 6.07) is 5.73. The average Bonchev–Trinajstić information content (AvgIpc) is 3.05. The second-order valence-electron chi connectivity index (χ2n) is 6.35. The van der Waals surface area contributed by atoms with Crippen LogP contribution in [0.2, 0.25) is 10.0 Å². The summed E-state index contributed by atoms with van der Waals surface area (Å²) in [6.07, 6.45) is 5.58. The highest BCUT2D eigenvalue weighted by molar-refractivity contribution is 7.80. The van der Waals surface area contributed by atoms with Crippen molar-refractivity contribution in [2.24, 2.45) is 17.8 Å². The van der Waals surface area contributed by atoms with Gasteiger partial charge in [0.2, 0.25) is 0 Å². The van der Waals surface area contributed by atoms with Crippen LogP contribution in [0.1, 0.15) is 32.6 Å². The van der Waals surface area contributed by atoms with Crippen LogP contribution < -0.4 is 10.6 Å². The lowest BCUT2D eigenvalue weighted by molar-refractivity contribution is 0.279. The lowest BCUT2D eigenvalue weighted by Crippen LogP contribution is -2.42. The molecule has 2 aliphatic rings. The molecular formula is C16H20Cl2N2S. The van der Waals surface area contributed by atoms with Crippen LogP contribution in [0.15, 0.2) is 18.2 Å². The van der Waals surface area contributed by atoms with Crippen LogP contribution in [0.3, 0.4) is 0 Å². The second-order valence-corrected chi connectivity index (χ2v) is 7.60. The number of benzene rings is 1. The minimum atomic E-state index is 0.401. The molecular weight excluding hydrogens is 323 g/mol. The van der Waals surface area contributed by atoms with E-state index >= 15 is 0 Å². The first kappa shape index (κ1) is 15.4. The zero-order valence-electron chi connectivity index (χ0n) is 12.0. The molecule has 114 valence electrons. The van der Waals surface area contributed by atoms with Crippen molar-refractivity contribution in [3.05, 3.63) is 28.2 Å². The van der Waals surface area contributed by atoms with E-state index in [-0.39, 0.29) is 0 Å². The molecule has 21 heavy (non-hydrogen) atoms. The number of hydrogen-bond acceptors (Lipinski definition) is 1. The number of nitrogens with one attached hydrogen (secondary N) is 2. The molecule has 0 saturated heterocycles. The maximum Gasteiger partial charge on any atom is 0.171 e. The fraction of sp³-hybridized carbons (Fsp3) is 0.562. The highest BCUT2D eigenvalue weighted by Crippen LogP contribution is 2.49. The van der Waals surface area contributed by atoms with Gasteiger partial charge in [-0.2, -0.15) is 0 Å². The van der Waals surface area contributed by atoms with Crippen molar-refractivity contribution in [3.8, 4) is 0 Å². The molecule has 1 aromatic carbocycles. The summed E-state index contributed by atoms with van der Waals surface area (Å²) in [7, 11) is 0. The van der Waals surface area contributed by atoms with Gasteiger partial charge in [-0.05, 0) is 74.4 Å². The van der Waals surface area contributed by atoms with Crippen LogP contribution in [-0.4, -0.2) is 11.2 Å². The number of anilines is 1. The van der Waals surface area contributed by atoms with Crippen molar-refractivity contribution in [1.29, 1.82) is 0 Å². The van der Waals surface area contributed by atoms with Crippen molar-refractivity contribution in [2.75, 3.05) is 5.32 Å². The van der Waals surface area contributed by atoms with Crippen LogP contribution in [-0.2, 0) is 0 Å². The number of rotatable bonds is 3. The monoisotopic (exact) mass is 342 g/mol. The summed E-state index contributed by atoms with van der Waals surface area (Å²) in [4.78, 5) is 0. The minimum Gasteiger partial charge on any atom is -0.360 e. The Kier molecular flexibility index (Phi) is 4.63. The summed E-state index contributed by atoms with van der Waals surface area (Å²) >= 11 is 17.5. The summed E-state index contributed by atoms with van der Waals surface area (Å²) in [5, 5.41) is 8.46. The highest BCUT2D eigenvalue weighted by atomic mass is 35.5. The van der Waals surface area contributed by atoms with E-state index in [1.54, 1.807) is 18.2 Å². The molecule has 0 amide bonds. The SMILES string of the molecule is CC(NC(=S)Nc1cc(Cl)ccc1Cl)C1CC2CCC1C2. The number of hydrogen-bond donors (Lipinski definition) is 2. The van der Waals surface area contributed by atoms with E-state index < -0.39 is 0 Å². The highest BCUT2D eigenvalue weighted by Gasteiger charge is 2.41. The third kappa shape index (κ3) is 3.46. The normalized spacial score (nSPS) is 28.4. The van der Waals surface area contributed by atoms with E-state index in [2.05, 4.69) is 17.6 Å². The number of thiocarbonyl (C=S) groups is 1. The molecule has 0 aromatic heterocycles. The van der Waals surface area contributed by atoms with Crippen LogP contribution >= 0.6 is 35.4 Å². The molecule has 0 heterocycles. The van der Waals surface area contributed by atoms with Crippen LogP contribution in [0.4, 0.5) is 5.69 Å². The summed E-state index contributed by atoms with van der Waals surface area (Å²) < 4.78 is 0. The van der Waals surface area contributed by atoms with Gasteiger partial charge in [0.15, 0.2) is 5.11 Å². The standard InChI is InChI=1S/C16H20Cl2N2S/c1-9(13-7-10-2-3-11(13)6-10)19-16(21)20-15-8-12(17)4-5-14(15)18/h4-5,8-11,13H,2-3,6-7H2,1H3,(H2,19,20,21). The molecule has 2 bridgehead atoms. The van der Waals surface area contributed by atoms with Gasteiger partial charge in [0.25, 0.3) is 0 Å². The zero-order chi connectivity index (χ0) is 15.0. The van der Waals surface area contributed by atoms with E-state index in [1.807, 2.05) is 0 Å². The Morgan fingerprint density at radius 2 is 2.10 bits per heavy atom. The van der Waals surface area contributed by atoms with Crippen molar-refractivity contribution >= 4 is 46.2 Å². The van der Waals surface area contributed by atoms with E-state index in [4.69, 9.17) is 35.4 Å². The van der Waals surface area contributed by atoms with Crippen LogP contribution in [0.25, 0.3) is 0 Å². The molecule has 0 radical (unpaired) electrons. The second kappa shape index (κ2) is 6.31. The molecule has 2 nitrogen and oxygen atoms in total. The molecule has 0 spiro atoms. The van der Waals surface area contributed by atoms with Gasteiger partial charge in [-0.3, -0.25) is 0 Å². The maximum atomic E-state index is 6.15. The largest absolute Gasteiger partial charge is 0.360 e. The van der Waals surface area contributed by atoms with Crippen LogP contribution in [0.5, 0.6) is 0 Å². The van der Waals surface area contributed by atoms with E-state index in [0.29, 0.717) is 21.2 Å². The Labute approximate surface area is 141 Å². The minimum absolute atomic E-state index is 0.401. The van der Waals surface area contributed by atoms with Gasteiger partial charge in [0.05, 0.1) is 10.7 Å². The van der Waals surface area contributed by atoms with Gasteiger partial charge in [-0.15, -0.1) is 0 Å². The molecule has 1 aromatic rings. The van der Waals surface area contributed by atoms with Gasteiger partial charge in [-0.25, -0.2) is 0 Å². The summed E-state index contributed by atoms with van der Waals surface area (Å²) in [6.45, 7) is 2.24. The number of fused-ring (bicyclic) bond motifs is 2. The van der Waals surface area contributed by atoms with Crippen molar-refractivity contribution < 1.29 is 0 Å². The van der Waals surface area contributed by atoms with Gasteiger partial charge in [0.1, 0.15) is 0 Å². The summed E-state index contributed by atoms with van der Waals surface area (Å²) in [5.74, 6) is 2.58. The van der Waals surface area contributed by atoms with Crippen molar-refractivity contribution in [2.45, 2.75) is 38.6 Å². The molecule has 2 N–H and O–H groups in total. The van der Waals surface area contributed by atoms with Gasteiger partial charge in [0, 0.05) is 11.1 Å². The van der Waals surface area contributed by atoms with E-state index in [9.17, 15) is 0 Å². The predicted octanol–water partition coefficient (Wildman–Crippen LogP) is 5.10. The molecule has 2 saturated carbocycles. The first-order valence-electron chi connectivity index (χ1n) is 7.55. The topological polar surface area (TPSA) is 24.1 Å². The average molecular weight is 343 g/mol. The zero-order valence-corrected chi connectivity index (χ0v) is 14.4. The van der Waals surface area contributed by atoms with Crippen LogP contribution in [0, 0.1) is 17.8 Å². The summed E-state index contributed by atoms with van der Waals surface area (Å²) in [5.41, 5.74) is 0.752. The molecule has 4 unspecified atom stereocenters. The lowest BCUT2D eigenvalue weighted by atomic mass is 9.84. The molecule has 3 rings (SSSR count). The Morgan fingerprint density at radius 1 is 1.29 bits per heavy atom. The third-order valence-electron chi connectivity index (χ3n) is 4.97. The fourth-order valence-corrected chi connectivity index (χ4v) is 4.60. The van der Waals surface area contributed by atoms with Crippen molar-refractivity contribution in [3.63, 3.8) is 0 Å². The molecule has 2 fully saturated rings. The number of halogens is 2. The predicted molar refractivity (Wildman–Crippen MR) is 94.2 cm³/mol. The van der Waals surface area contributed by atoms with Gasteiger partial charge < -0.3 is 10.6 Å². The Hall–Kier alpha value is -0.510. The maximum absolute atomic E-state index is 6.15.